The van der Waals surface area contributed by atoms with Crippen LogP contribution >= 0.6 is 0 Å². The van der Waals surface area contributed by atoms with Gasteiger partial charge in [-0.2, -0.15) is 13.2 Å². The van der Waals surface area contributed by atoms with Gasteiger partial charge in [-0.1, -0.05) is 32.0 Å². The molecule has 0 aliphatic rings. The molecule has 0 unspecified atom stereocenters. The van der Waals surface area contributed by atoms with Crippen LogP contribution in [0.2, 0.25) is 0 Å². The van der Waals surface area contributed by atoms with Gasteiger partial charge in [0.05, 0.1) is 12.0 Å². The molecule has 0 bridgehead atoms. The maximum Gasteiger partial charge on any atom is 0.416 e. The molecule has 0 radical (unpaired) electrons. The first-order valence-corrected chi connectivity index (χ1v) is 6.78. The molecule has 0 heterocycles. The predicted octanol–water partition coefficient (Wildman–Crippen LogP) is 2.86. The maximum absolute atomic E-state index is 12.6. The number of carboxylic acid groups (broad SMARTS) is 1. The van der Waals surface area contributed by atoms with Crippen molar-refractivity contribution in [3.63, 3.8) is 0 Å². The molecule has 0 aliphatic carbocycles. The zero-order chi connectivity index (χ0) is 16.9. The van der Waals surface area contributed by atoms with Gasteiger partial charge >= 0.3 is 12.1 Å². The van der Waals surface area contributed by atoms with Gasteiger partial charge in [-0.05, 0) is 24.0 Å². The van der Waals surface area contributed by atoms with Crippen LogP contribution in [-0.2, 0) is 22.2 Å². The Morgan fingerprint density at radius 2 is 1.91 bits per heavy atom. The number of nitrogens with one attached hydrogen (secondary N) is 1. The highest BCUT2D eigenvalue weighted by Crippen LogP contribution is 2.29. The third-order valence-electron chi connectivity index (χ3n) is 2.96. The molecular weight excluding hydrogens is 299 g/mol. The molecule has 122 valence electrons. The Hall–Kier alpha value is -2.05. The molecule has 1 aromatic carbocycles. The number of carbonyl (C=O) groups excluding carboxylic acids is 1. The van der Waals surface area contributed by atoms with Gasteiger partial charge in [0.2, 0.25) is 5.91 Å². The summed E-state index contributed by atoms with van der Waals surface area (Å²) in [5, 5.41) is 11.4. The van der Waals surface area contributed by atoms with Gasteiger partial charge in [0.1, 0.15) is 6.04 Å². The zero-order valence-corrected chi connectivity index (χ0v) is 12.3. The minimum absolute atomic E-state index is 0.0648. The summed E-state index contributed by atoms with van der Waals surface area (Å²) in [6.07, 6.45) is -4.52. The first kappa shape index (κ1) is 18.0. The summed E-state index contributed by atoms with van der Waals surface area (Å²) in [6, 6.07) is 3.37. The summed E-state index contributed by atoms with van der Waals surface area (Å²) in [4.78, 5) is 22.9. The maximum atomic E-state index is 12.6. The first-order chi connectivity index (χ1) is 10.1. The molecule has 0 spiro atoms. The van der Waals surface area contributed by atoms with E-state index in [1.54, 1.807) is 0 Å². The summed E-state index contributed by atoms with van der Waals surface area (Å²) in [7, 11) is 0. The molecule has 0 aliphatic heterocycles. The smallest absolute Gasteiger partial charge is 0.416 e. The van der Waals surface area contributed by atoms with E-state index < -0.39 is 29.7 Å². The van der Waals surface area contributed by atoms with Crippen LogP contribution < -0.4 is 5.32 Å². The van der Waals surface area contributed by atoms with Crippen LogP contribution in [0.3, 0.4) is 0 Å². The highest BCUT2D eigenvalue weighted by atomic mass is 19.4. The number of halogens is 3. The molecule has 7 heteroatoms. The molecule has 0 saturated heterocycles. The van der Waals surface area contributed by atoms with Gasteiger partial charge in [-0.15, -0.1) is 0 Å². The summed E-state index contributed by atoms with van der Waals surface area (Å²) >= 11 is 0. The molecule has 1 amide bonds. The van der Waals surface area contributed by atoms with Crippen molar-refractivity contribution in [1.82, 2.24) is 5.32 Å². The van der Waals surface area contributed by atoms with Crippen LogP contribution in [0.25, 0.3) is 0 Å². The van der Waals surface area contributed by atoms with Gasteiger partial charge in [0.25, 0.3) is 0 Å². The average molecular weight is 317 g/mol. The fourth-order valence-electron chi connectivity index (χ4n) is 1.98. The normalized spacial score (nSPS) is 13.0. The van der Waals surface area contributed by atoms with Crippen molar-refractivity contribution < 1.29 is 27.9 Å². The van der Waals surface area contributed by atoms with Crippen molar-refractivity contribution in [2.75, 3.05) is 0 Å². The minimum Gasteiger partial charge on any atom is -0.480 e. The molecule has 22 heavy (non-hydrogen) atoms. The Morgan fingerprint density at radius 1 is 1.27 bits per heavy atom. The van der Waals surface area contributed by atoms with Crippen molar-refractivity contribution in [1.29, 1.82) is 0 Å². The van der Waals surface area contributed by atoms with Crippen molar-refractivity contribution in [3.05, 3.63) is 35.4 Å². The van der Waals surface area contributed by atoms with Crippen molar-refractivity contribution in [2.24, 2.45) is 5.92 Å². The number of aliphatic carboxylic acids is 1. The van der Waals surface area contributed by atoms with Gasteiger partial charge in [-0.25, -0.2) is 4.79 Å². The Morgan fingerprint density at radius 3 is 2.41 bits per heavy atom. The third-order valence-corrected chi connectivity index (χ3v) is 2.96. The molecule has 0 fully saturated rings. The van der Waals surface area contributed by atoms with Crippen molar-refractivity contribution >= 4 is 11.9 Å². The average Bonchev–Trinajstić information content (AvgIpc) is 2.36. The van der Waals surface area contributed by atoms with Gasteiger partial charge in [-0.3, -0.25) is 4.79 Å². The highest BCUT2D eigenvalue weighted by molar-refractivity contribution is 5.84. The fraction of sp³-hybridized carbons (Fsp3) is 0.467. The van der Waals surface area contributed by atoms with Crippen LogP contribution in [0.4, 0.5) is 13.2 Å². The van der Waals surface area contributed by atoms with Crippen molar-refractivity contribution in [3.8, 4) is 0 Å². The standard InChI is InChI=1S/C15H18F3NO3/c1-9(2)6-12(14(21)22)19-13(20)8-10-4-3-5-11(7-10)15(16,17)18/h3-5,7,9,12H,6,8H2,1-2H3,(H,19,20)(H,21,22)/t12-/m1/s1. The number of benzene rings is 1. The second-order valence-corrected chi connectivity index (χ2v) is 5.46. The molecule has 1 aromatic rings. The molecule has 0 saturated carbocycles. The van der Waals surface area contributed by atoms with Gasteiger partial charge < -0.3 is 10.4 Å². The summed E-state index contributed by atoms with van der Waals surface area (Å²) in [6.45, 7) is 3.63. The lowest BCUT2D eigenvalue weighted by atomic mass is 10.0. The van der Waals surface area contributed by atoms with Crippen LogP contribution in [0.15, 0.2) is 24.3 Å². The van der Waals surface area contributed by atoms with E-state index in [0.29, 0.717) is 0 Å². The number of amides is 1. The monoisotopic (exact) mass is 317 g/mol. The lowest BCUT2D eigenvalue weighted by Gasteiger charge is -2.16. The number of alkyl halides is 3. The number of rotatable bonds is 6. The van der Waals surface area contributed by atoms with E-state index in [4.69, 9.17) is 5.11 Å². The van der Waals surface area contributed by atoms with E-state index in [-0.39, 0.29) is 24.3 Å². The molecule has 2 N–H and O–H groups in total. The van der Waals surface area contributed by atoms with E-state index in [9.17, 15) is 22.8 Å². The van der Waals surface area contributed by atoms with E-state index in [1.165, 1.54) is 12.1 Å². The number of hydrogen-bond donors (Lipinski definition) is 2. The highest BCUT2D eigenvalue weighted by Gasteiger charge is 2.30. The largest absolute Gasteiger partial charge is 0.480 e. The van der Waals surface area contributed by atoms with E-state index in [2.05, 4.69) is 5.32 Å². The Labute approximate surface area is 126 Å². The molecular formula is C15H18F3NO3. The Bertz CT molecular complexity index is 541. The van der Waals surface area contributed by atoms with Gasteiger partial charge in [0, 0.05) is 0 Å². The summed E-state index contributed by atoms with van der Waals surface area (Å²) in [5.74, 6) is -1.71. The number of hydrogen-bond acceptors (Lipinski definition) is 2. The summed E-state index contributed by atoms with van der Waals surface area (Å²) < 4.78 is 37.8. The van der Waals surface area contributed by atoms with Crippen LogP contribution in [0, 0.1) is 5.92 Å². The lowest BCUT2D eigenvalue weighted by molar-refractivity contribution is -0.142. The summed E-state index contributed by atoms with van der Waals surface area (Å²) in [5.41, 5.74) is -0.657. The SMILES string of the molecule is CC(C)C[C@@H](NC(=O)Cc1cccc(C(F)(F)F)c1)C(=O)O. The molecule has 1 rings (SSSR count). The number of carbonyl (C=O) groups is 2. The second-order valence-electron chi connectivity index (χ2n) is 5.46. The number of carboxylic acids is 1. The predicted molar refractivity (Wildman–Crippen MR) is 74.2 cm³/mol. The van der Waals surface area contributed by atoms with Crippen LogP contribution in [0.1, 0.15) is 31.4 Å². The van der Waals surface area contributed by atoms with Gasteiger partial charge in [0.15, 0.2) is 0 Å². The Kier molecular flexibility index (Phi) is 5.96. The fourth-order valence-corrected chi connectivity index (χ4v) is 1.98. The molecule has 4 nitrogen and oxygen atoms in total. The first-order valence-electron chi connectivity index (χ1n) is 6.78. The second kappa shape index (κ2) is 7.29. The molecule has 1 atom stereocenters. The topological polar surface area (TPSA) is 66.4 Å². The van der Waals surface area contributed by atoms with E-state index in [0.717, 1.165) is 12.1 Å². The molecule has 0 aromatic heterocycles. The van der Waals surface area contributed by atoms with Crippen LogP contribution in [0.5, 0.6) is 0 Å². The third kappa shape index (κ3) is 5.75. The Balaban J connectivity index is 2.74. The quantitative estimate of drug-likeness (QED) is 0.848. The van der Waals surface area contributed by atoms with E-state index >= 15 is 0 Å². The van der Waals surface area contributed by atoms with E-state index in [1.807, 2.05) is 13.8 Å². The lowest BCUT2D eigenvalue weighted by Crippen LogP contribution is -2.42. The zero-order valence-electron chi connectivity index (χ0n) is 12.3. The van der Waals surface area contributed by atoms with Crippen LogP contribution in [-0.4, -0.2) is 23.0 Å². The van der Waals surface area contributed by atoms with Crippen molar-refractivity contribution in [2.45, 2.75) is 38.9 Å². The minimum atomic E-state index is -4.48.